The van der Waals surface area contributed by atoms with Crippen LogP contribution in [-0.2, 0) is 4.79 Å². The van der Waals surface area contributed by atoms with Gasteiger partial charge in [-0.05, 0) is 31.6 Å². The lowest BCUT2D eigenvalue weighted by atomic mass is 10.2. The van der Waals surface area contributed by atoms with Gasteiger partial charge in [0.1, 0.15) is 6.54 Å². The summed E-state index contributed by atoms with van der Waals surface area (Å²) in [5.41, 5.74) is 0. The fourth-order valence-corrected chi connectivity index (χ4v) is 2.38. The van der Waals surface area contributed by atoms with Crippen molar-refractivity contribution in [1.82, 2.24) is 10.2 Å². The molecule has 2 aliphatic rings. The van der Waals surface area contributed by atoms with Gasteiger partial charge in [0.2, 0.25) is 0 Å². The van der Waals surface area contributed by atoms with Crippen molar-refractivity contribution in [2.24, 2.45) is 5.92 Å². The van der Waals surface area contributed by atoms with E-state index in [1.165, 1.54) is 17.7 Å². The average Bonchev–Trinajstić information content (AvgIpc) is 2.96. The van der Waals surface area contributed by atoms with Crippen LogP contribution in [0.5, 0.6) is 0 Å². The van der Waals surface area contributed by atoms with Gasteiger partial charge in [0.05, 0.1) is 0 Å². The number of carboxylic acid groups (broad SMARTS) is 1. The number of urea groups is 1. The molecule has 0 radical (unpaired) electrons. The van der Waals surface area contributed by atoms with Gasteiger partial charge >= 0.3 is 12.0 Å². The molecule has 2 saturated carbocycles. The van der Waals surface area contributed by atoms with Crippen LogP contribution in [0.25, 0.3) is 0 Å². The van der Waals surface area contributed by atoms with Crippen molar-refractivity contribution in [3.05, 3.63) is 0 Å². The summed E-state index contributed by atoms with van der Waals surface area (Å²) in [5.74, 6) is -0.312. The summed E-state index contributed by atoms with van der Waals surface area (Å²) in [5, 5.41) is 11.7. The highest BCUT2D eigenvalue weighted by atomic mass is 16.4. The summed E-state index contributed by atoms with van der Waals surface area (Å²) in [6.45, 7) is 0.517. The van der Waals surface area contributed by atoms with Crippen molar-refractivity contribution < 1.29 is 14.7 Å². The minimum Gasteiger partial charge on any atom is -0.480 e. The van der Waals surface area contributed by atoms with Gasteiger partial charge in [-0.3, -0.25) is 4.79 Å². The van der Waals surface area contributed by atoms with Gasteiger partial charge in [-0.25, -0.2) is 4.79 Å². The van der Waals surface area contributed by atoms with Gasteiger partial charge in [-0.2, -0.15) is 0 Å². The largest absolute Gasteiger partial charge is 0.480 e. The molecular formula is C12H20N2O3. The van der Waals surface area contributed by atoms with E-state index >= 15 is 0 Å². The molecule has 0 aliphatic heterocycles. The average molecular weight is 240 g/mol. The molecule has 0 bridgehead atoms. The van der Waals surface area contributed by atoms with Crippen molar-refractivity contribution in [1.29, 1.82) is 0 Å². The van der Waals surface area contributed by atoms with E-state index in [0.717, 1.165) is 25.7 Å². The molecule has 2 aliphatic carbocycles. The third-order valence-corrected chi connectivity index (χ3v) is 3.57. The summed E-state index contributed by atoms with van der Waals surface area (Å²) >= 11 is 0. The zero-order valence-corrected chi connectivity index (χ0v) is 10.0. The van der Waals surface area contributed by atoms with Crippen LogP contribution in [0, 0.1) is 5.92 Å². The minimum absolute atomic E-state index is 0.116. The summed E-state index contributed by atoms with van der Waals surface area (Å²) in [4.78, 5) is 24.2. The Labute approximate surface area is 101 Å². The van der Waals surface area contributed by atoms with Crippen LogP contribution in [0.2, 0.25) is 0 Å². The lowest BCUT2D eigenvalue weighted by Gasteiger charge is -2.27. The molecule has 0 unspecified atom stereocenters. The van der Waals surface area contributed by atoms with Gasteiger partial charge in [-0.15, -0.1) is 0 Å². The van der Waals surface area contributed by atoms with Gasteiger partial charge in [0.25, 0.3) is 0 Å². The van der Waals surface area contributed by atoms with Gasteiger partial charge in [-0.1, -0.05) is 12.8 Å². The number of nitrogens with one attached hydrogen (secondary N) is 1. The Morgan fingerprint density at radius 3 is 2.35 bits per heavy atom. The Morgan fingerprint density at radius 1 is 1.18 bits per heavy atom. The first-order chi connectivity index (χ1) is 8.16. The van der Waals surface area contributed by atoms with Crippen LogP contribution in [0.4, 0.5) is 4.79 Å². The quantitative estimate of drug-likeness (QED) is 0.764. The Kier molecular flexibility index (Phi) is 3.86. The fraction of sp³-hybridized carbons (Fsp3) is 0.833. The van der Waals surface area contributed by atoms with E-state index in [1.807, 2.05) is 0 Å². The Balaban J connectivity index is 1.87. The zero-order chi connectivity index (χ0) is 12.3. The van der Waals surface area contributed by atoms with Gasteiger partial charge in [0, 0.05) is 12.6 Å². The maximum absolute atomic E-state index is 11.9. The number of aliphatic carboxylic acids is 1. The van der Waals surface area contributed by atoms with E-state index in [-0.39, 0.29) is 18.6 Å². The highest BCUT2D eigenvalue weighted by Gasteiger charge is 2.29. The predicted molar refractivity (Wildman–Crippen MR) is 62.7 cm³/mol. The van der Waals surface area contributed by atoms with E-state index in [4.69, 9.17) is 5.11 Å². The summed E-state index contributed by atoms with van der Waals surface area (Å²) in [7, 11) is 0. The highest BCUT2D eigenvalue weighted by Crippen LogP contribution is 2.28. The van der Waals surface area contributed by atoms with Crippen molar-refractivity contribution in [2.45, 2.75) is 44.6 Å². The minimum atomic E-state index is -0.932. The maximum atomic E-state index is 11.9. The fourth-order valence-electron chi connectivity index (χ4n) is 2.38. The molecule has 2 fully saturated rings. The SMILES string of the molecule is O=C(O)CN(C(=O)NCC1CC1)C1CCCC1. The molecule has 5 nitrogen and oxygen atoms in total. The second kappa shape index (κ2) is 5.38. The first-order valence-corrected chi connectivity index (χ1v) is 6.43. The normalized spacial score (nSPS) is 20.2. The number of hydrogen-bond acceptors (Lipinski definition) is 2. The van der Waals surface area contributed by atoms with Crippen LogP contribution in [-0.4, -0.2) is 41.1 Å². The van der Waals surface area contributed by atoms with Crippen molar-refractivity contribution in [3.8, 4) is 0 Å². The third kappa shape index (κ3) is 3.61. The Morgan fingerprint density at radius 2 is 1.82 bits per heavy atom. The topological polar surface area (TPSA) is 69.6 Å². The summed E-state index contributed by atoms with van der Waals surface area (Å²) in [6.07, 6.45) is 6.42. The monoisotopic (exact) mass is 240 g/mol. The second-order valence-corrected chi connectivity index (χ2v) is 5.09. The first-order valence-electron chi connectivity index (χ1n) is 6.43. The molecule has 2 amide bonds. The number of amides is 2. The smallest absolute Gasteiger partial charge is 0.323 e. The Bertz CT molecular complexity index is 296. The van der Waals surface area contributed by atoms with Crippen LogP contribution >= 0.6 is 0 Å². The third-order valence-electron chi connectivity index (χ3n) is 3.57. The molecule has 0 aromatic heterocycles. The summed E-state index contributed by atoms with van der Waals surface area (Å²) in [6, 6.07) is -0.0866. The van der Waals surface area contributed by atoms with Crippen molar-refractivity contribution in [2.75, 3.05) is 13.1 Å². The molecule has 0 spiro atoms. The number of carbonyl (C=O) groups excluding carboxylic acids is 1. The molecule has 0 aromatic carbocycles. The molecular weight excluding hydrogens is 220 g/mol. The second-order valence-electron chi connectivity index (χ2n) is 5.09. The lowest BCUT2D eigenvalue weighted by Crippen LogP contribution is -2.48. The van der Waals surface area contributed by atoms with E-state index in [0.29, 0.717) is 12.5 Å². The standard InChI is InChI=1S/C12H20N2O3/c15-11(16)8-14(10-3-1-2-4-10)12(17)13-7-9-5-6-9/h9-10H,1-8H2,(H,13,17)(H,15,16). The molecule has 17 heavy (non-hydrogen) atoms. The number of nitrogens with zero attached hydrogens (tertiary/aromatic N) is 1. The number of hydrogen-bond donors (Lipinski definition) is 2. The molecule has 0 atom stereocenters. The summed E-state index contributed by atoms with van der Waals surface area (Å²) < 4.78 is 0. The number of rotatable bonds is 5. The van der Waals surface area contributed by atoms with Crippen molar-refractivity contribution >= 4 is 12.0 Å². The molecule has 96 valence electrons. The molecule has 2 N–H and O–H groups in total. The van der Waals surface area contributed by atoms with Crippen LogP contribution in [0.3, 0.4) is 0 Å². The maximum Gasteiger partial charge on any atom is 0.323 e. The molecule has 0 heterocycles. The first kappa shape index (κ1) is 12.2. The van der Waals surface area contributed by atoms with Crippen LogP contribution in [0.1, 0.15) is 38.5 Å². The van der Waals surface area contributed by atoms with Crippen molar-refractivity contribution in [3.63, 3.8) is 0 Å². The molecule has 0 aromatic rings. The molecule has 5 heteroatoms. The van der Waals surface area contributed by atoms with E-state index in [1.54, 1.807) is 0 Å². The van der Waals surface area contributed by atoms with E-state index < -0.39 is 5.97 Å². The predicted octanol–water partition coefficient (Wildman–Crippen LogP) is 1.44. The molecule has 2 rings (SSSR count). The Hall–Kier alpha value is -1.26. The number of carbonyl (C=O) groups is 2. The van der Waals surface area contributed by atoms with E-state index in [9.17, 15) is 9.59 Å². The van der Waals surface area contributed by atoms with Crippen LogP contribution < -0.4 is 5.32 Å². The van der Waals surface area contributed by atoms with Gasteiger partial charge in [0.15, 0.2) is 0 Å². The van der Waals surface area contributed by atoms with E-state index in [2.05, 4.69) is 5.32 Å². The lowest BCUT2D eigenvalue weighted by molar-refractivity contribution is -0.138. The highest BCUT2D eigenvalue weighted by molar-refractivity contribution is 5.80. The van der Waals surface area contributed by atoms with Gasteiger partial charge < -0.3 is 15.3 Å². The van der Waals surface area contributed by atoms with Crippen LogP contribution in [0.15, 0.2) is 0 Å². The number of carboxylic acids is 1. The molecule has 0 saturated heterocycles. The zero-order valence-electron chi connectivity index (χ0n) is 10.0.